The van der Waals surface area contributed by atoms with Crippen LogP contribution in [0.15, 0.2) is 29.2 Å². The number of hydrogen-bond donors (Lipinski definition) is 0. The van der Waals surface area contributed by atoms with Crippen molar-refractivity contribution in [2.75, 3.05) is 20.1 Å². The molecule has 0 bridgehead atoms. The average Bonchev–Trinajstić information content (AvgIpc) is 2.68. The molecule has 2 aliphatic rings. The zero-order valence-electron chi connectivity index (χ0n) is 10.8. The van der Waals surface area contributed by atoms with E-state index in [0.29, 0.717) is 5.38 Å². The highest BCUT2D eigenvalue weighted by Crippen LogP contribution is 2.37. The van der Waals surface area contributed by atoms with E-state index in [2.05, 4.69) is 48.0 Å². The number of benzene rings is 1. The van der Waals surface area contributed by atoms with Crippen molar-refractivity contribution >= 4 is 23.4 Å². The first kappa shape index (κ1) is 12.8. The van der Waals surface area contributed by atoms with E-state index in [4.69, 9.17) is 11.6 Å². The fourth-order valence-corrected chi connectivity index (χ4v) is 4.94. The molecule has 98 valence electrons. The van der Waals surface area contributed by atoms with E-state index in [1.807, 2.05) is 0 Å². The molecule has 1 aromatic carbocycles. The molecule has 1 aromatic rings. The predicted octanol–water partition coefficient (Wildman–Crippen LogP) is 3.65. The van der Waals surface area contributed by atoms with Gasteiger partial charge in [0.25, 0.3) is 0 Å². The molecular formula is C15H20ClNS. The highest BCUT2D eigenvalue weighted by molar-refractivity contribution is 8.00. The summed E-state index contributed by atoms with van der Waals surface area (Å²) in [5.74, 6) is 0.839. The Morgan fingerprint density at radius 1 is 1.28 bits per heavy atom. The van der Waals surface area contributed by atoms with Crippen molar-refractivity contribution in [1.82, 2.24) is 4.90 Å². The SMILES string of the molecule is CN(CC1CC(Cl)C1)CC1Cc2ccccc2S1. The minimum Gasteiger partial charge on any atom is -0.305 e. The molecule has 1 fully saturated rings. The largest absolute Gasteiger partial charge is 0.305 e. The fourth-order valence-electron chi connectivity index (χ4n) is 3.02. The van der Waals surface area contributed by atoms with E-state index in [0.717, 1.165) is 11.2 Å². The average molecular weight is 282 g/mol. The van der Waals surface area contributed by atoms with Crippen LogP contribution in [0.3, 0.4) is 0 Å². The summed E-state index contributed by atoms with van der Waals surface area (Å²) in [5, 5.41) is 1.19. The van der Waals surface area contributed by atoms with Gasteiger partial charge < -0.3 is 4.90 Å². The second-order valence-corrected chi connectivity index (χ2v) is 7.67. The van der Waals surface area contributed by atoms with Gasteiger partial charge >= 0.3 is 0 Å². The van der Waals surface area contributed by atoms with Gasteiger partial charge in [-0.25, -0.2) is 0 Å². The third-order valence-corrected chi connectivity index (χ3v) is 5.63. The third-order valence-electron chi connectivity index (χ3n) is 3.98. The Bertz CT molecular complexity index is 392. The number of hydrogen-bond acceptors (Lipinski definition) is 2. The van der Waals surface area contributed by atoms with E-state index < -0.39 is 0 Å². The van der Waals surface area contributed by atoms with Gasteiger partial charge in [0.05, 0.1) is 0 Å². The quantitative estimate of drug-likeness (QED) is 0.775. The lowest BCUT2D eigenvalue weighted by Gasteiger charge is -2.34. The molecule has 1 atom stereocenters. The Morgan fingerprint density at radius 2 is 2.06 bits per heavy atom. The minimum absolute atomic E-state index is 0.452. The molecule has 1 aliphatic carbocycles. The number of thioether (sulfide) groups is 1. The molecule has 3 heteroatoms. The molecule has 0 N–H and O–H groups in total. The molecule has 0 spiro atoms. The molecular weight excluding hydrogens is 262 g/mol. The maximum atomic E-state index is 6.04. The highest BCUT2D eigenvalue weighted by atomic mass is 35.5. The van der Waals surface area contributed by atoms with Gasteiger partial charge in [0.1, 0.15) is 0 Å². The van der Waals surface area contributed by atoms with Gasteiger partial charge in [0.15, 0.2) is 0 Å². The van der Waals surface area contributed by atoms with Gasteiger partial charge in [-0.2, -0.15) is 0 Å². The Labute approximate surface area is 119 Å². The normalized spacial score (nSPS) is 30.3. The first-order valence-corrected chi connectivity index (χ1v) is 8.09. The number of alkyl halides is 1. The maximum absolute atomic E-state index is 6.04. The second-order valence-electron chi connectivity index (χ2n) is 5.71. The van der Waals surface area contributed by atoms with E-state index in [1.54, 1.807) is 0 Å². The molecule has 1 unspecified atom stereocenters. The monoisotopic (exact) mass is 281 g/mol. The van der Waals surface area contributed by atoms with Gasteiger partial charge in [0, 0.05) is 28.6 Å². The molecule has 1 nitrogen and oxygen atoms in total. The predicted molar refractivity (Wildman–Crippen MR) is 79.7 cm³/mol. The second kappa shape index (κ2) is 5.44. The summed E-state index contributed by atoms with van der Waals surface area (Å²) in [6.45, 7) is 2.42. The standard InChI is InChI=1S/C15H20ClNS/c1-17(9-11-6-13(16)7-11)10-14-8-12-4-2-3-5-15(12)18-14/h2-5,11,13-14H,6-10H2,1H3. The van der Waals surface area contributed by atoms with E-state index >= 15 is 0 Å². The minimum atomic E-state index is 0.452. The van der Waals surface area contributed by atoms with Crippen LogP contribution in [-0.4, -0.2) is 35.7 Å². The van der Waals surface area contributed by atoms with E-state index in [9.17, 15) is 0 Å². The molecule has 0 saturated heterocycles. The van der Waals surface area contributed by atoms with Gasteiger partial charge in [-0.1, -0.05) is 18.2 Å². The van der Waals surface area contributed by atoms with Crippen LogP contribution < -0.4 is 0 Å². The maximum Gasteiger partial charge on any atom is 0.0342 e. The molecule has 1 heterocycles. The van der Waals surface area contributed by atoms with Crippen LogP contribution in [0, 0.1) is 5.92 Å². The number of rotatable bonds is 4. The van der Waals surface area contributed by atoms with Gasteiger partial charge in [-0.15, -0.1) is 23.4 Å². The molecule has 1 aliphatic heterocycles. The molecule has 3 rings (SSSR count). The van der Waals surface area contributed by atoms with Crippen molar-refractivity contribution in [2.24, 2.45) is 5.92 Å². The van der Waals surface area contributed by atoms with Gasteiger partial charge in [-0.05, 0) is 43.9 Å². The lowest BCUT2D eigenvalue weighted by Crippen LogP contribution is -2.37. The van der Waals surface area contributed by atoms with Crippen molar-refractivity contribution in [2.45, 2.75) is 34.8 Å². The Morgan fingerprint density at radius 3 is 2.78 bits per heavy atom. The van der Waals surface area contributed by atoms with Crippen LogP contribution in [0.4, 0.5) is 0 Å². The fraction of sp³-hybridized carbons (Fsp3) is 0.600. The Kier molecular flexibility index (Phi) is 3.88. The molecule has 0 aromatic heterocycles. The smallest absolute Gasteiger partial charge is 0.0342 e. The first-order valence-electron chi connectivity index (χ1n) is 6.78. The van der Waals surface area contributed by atoms with E-state index in [1.165, 1.54) is 42.8 Å². The lowest BCUT2D eigenvalue weighted by atomic mass is 9.84. The zero-order valence-corrected chi connectivity index (χ0v) is 12.4. The number of halogens is 1. The van der Waals surface area contributed by atoms with Crippen LogP contribution in [0.5, 0.6) is 0 Å². The third kappa shape index (κ3) is 2.87. The van der Waals surface area contributed by atoms with Crippen LogP contribution in [-0.2, 0) is 6.42 Å². The zero-order chi connectivity index (χ0) is 12.5. The summed E-state index contributed by atoms with van der Waals surface area (Å²) in [6, 6.07) is 8.82. The van der Waals surface area contributed by atoms with Crippen molar-refractivity contribution < 1.29 is 0 Å². The van der Waals surface area contributed by atoms with Gasteiger partial charge in [-0.3, -0.25) is 0 Å². The number of fused-ring (bicyclic) bond motifs is 1. The van der Waals surface area contributed by atoms with Crippen LogP contribution in [0.25, 0.3) is 0 Å². The van der Waals surface area contributed by atoms with Crippen molar-refractivity contribution in [3.8, 4) is 0 Å². The van der Waals surface area contributed by atoms with Crippen molar-refractivity contribution in [3.63, 3.8) is 0 Å². The first-order chi connectivity index (χ1) is 8.70. The molecule has 0 amide bonds. The Hall–Kier alpha value is -0.180. The van der Waals surface area contributed by atoms with Crippen LogP contribution in [0.1, 0.15) is 18.4 Å². The van der Waals surface area contributed by atoms with Gasteiger partial charge in [0.2, 0.25) is 0 Å². The summed E-state index contributed by atoms with van der Waals surface area (Å²) in [5.41, 5.74) is 1.53. The summed E-state index contributed by atoms with van der Waals surface area (Å²) < 4.78 is 0. The summed E-state index contributed by atoms with van der Waals surface area (Å²) >= 11 is 8.09. The summed E-state index contributed by atoms with van der Waals surface area (Å²) in [7, 11) is 2.26. The molecule has 0 radical (unpaired) electrons. The lowest BCUT2D eigenvalue weighted by molar-refractivity contribution is 0.210. The Balaban J connectivity index is 1.47. The van der Waals surface area contributed by atoms with Crippen LogP contribution >= 0.6 is 23.4 Å². The number of nitrogens with zero attached hydrogens (tertiary/aromatic N) is 1. The van der Waals surface area contributed by atoms with Crippen LogP contribution in [0.2, 0.25) is 0 Å². The summed E-state index contributed by atoms with van der Waals surface area (Å²) in [4.78, 5) is 3.98. The molecule has 18 heavy (non-hydrogen) atoms. The summed E-state index contributed by atoms with van der Waals surface area (Å²) in [6.07, 6.45) is 3.65. The highest BCUT2D eigenvalue weighted by Gasteiger charge is 2.29. The topological polar surface area (TPSA) is 3.24 Å². The molecule has 1 saturated carbocycles. The van der Waals surface area contributed by atoms with E-state index in [-0.39, 0.29) is 0 Å². The van der Waals surface area contributed by atoms with Crippen molar-refractivity contribution in [1.29, 1.82) is 0 Å². The van der Waals surface area contributed by atoms with Crippen molar-refractivity contribution in [3.05, 3.63) is 29.8 Å².